The van der Waals surface area contributed by atoms with Crippen LogP contribution in [0.15, 0.2) is 24.3 Å². The summed E-state index contributed by atoms with van der Waals surface area (Å²) in [5, 5.41) is 28.2. The average Bonchev–Trinajstić information content (AvgIpc) is 2.77. The van der Waals surface area contributed by atoms with Gasteiger partial charge in [-0.1, -0.05) is 6.07 Å². The number of nitrogens with zero attached hydrogens (tertiary/aromatic N) is 2. The Morgan fingerprint density at radius 1 is 0.967 bits per heavy atom. The highest BCUT2D eigenvalue weighted by Crippen LogP contribution is 2.48. The van der Waals surface area contributed by atoms with Gasteiger partial charge in [0.2, 0.25) is 5.75 Å². The quantitative estimate of drug-likeness (QED) is 0.457. The molecule has 2 aromatic carbocycles. The highest BCUT2D eigenvalue weighted by molar-refractivity contribution is 6.02. The number of rotatable bonds is 10. The van der Waals surface area contributed by atoms with Gasteiger partial charge in [0.1, 0.15) is 5.75 Å². The molecule has 7 heteroatoms. The first kappa shape index (κ1) is 22.6. The second kappa shape index (κ2) is 10.7. The van der Waals surface area contributed by atoms with Gasteiger partial charge in [-0.25, -0.2) is 0 Å². The summed E-state index contributed by atoms with van der Waals surface area (Å²) in [5.74, 6) is 0.247. The number of phenolic OH excluding ortho intramolecular Hbond substituents is 1. The van der Waals surface area contributed by atoms with Crippen molar-refractivity contribution in [3.63, 3.8) is 0 Å². The standard InChI is InChI=1S/C23H24N2O5/c1-28-20-10-9-15(7-6-12-25)13-16(20)17-14-18(19(26)8-4-5-11-24)21(27)23(30-3)22(17)29-2/h9-10,13-14,27H,4-8H2,1-3H3. The smallest absolute Gasteiger partial charge is 0.204 e. The van der Waals surface area contributed by atoms with E-state index in [1.165, 1.54) is 21.3 Å². The number of carbonyl (C=O) groups is 1. The number of ketones is 1. The van der Waals surface area contributed by atoms with Crippen LogP contribution in [0.1, 0.15) is 41.6 Å². The molecule has 0 aliphatic heterocycles. The lowest BCUT2D eigenvalue weighted by atomic mass is 9.94. The van der Waals surface area contributed by atoms with Gasteiger partial charge >= 0.3 is 0 Å². The van der Waals surface area contributed by atoms with E-state index in [2.05, 4.69) is 6.07 Å². The van der Waals surface area contributed by atoms with Gasteiger partial charge in [0.05, 0.1) is 39.0 Å². The van der Waals surface area contributed by atoms with E-state index in [9.17, 15) is 9.90 Å². The van der Waals surface area contributed by atoms with Gasteiger partial charge in [0.15, 0.2) is 17.3 Å². The highest BCUT2D eigenvalue weighted by atomic mass is 16.5. The Balaban J connectivity index is 2.69. The molecule has 7 nitrogen and oxygen atoms in total. The summed E-state index contributed by atoms with van der Waals surface area (Å²) in [4.78, 5) is 12.7. The number of aryl methyl sites for hydroxylation is 1. The number of unbranched alkanes of at least 4 members (excludes halogenated alkanes) is 1. The van der Waals surface area contributed by atoms with Crippen molar-refractivity contribution in [2.45, 2.75) is 32.1 Å². The fourth-order valence-electron chi connectivity index (χ4n) is 3.22. The zero-order chi connectivity index (χ0) is 22.1. The van der Waals surface area contributed by atoms with Gasteiger partial charge in [-0.15, -0.1) is 0 Å². The van der Waals surface area contributed by atoms with Crippen LogP contribution in [0.5, 0.6) is 23.0 Å². The first-order valence-electron chi connectivity index (χ1n) is 9.44. The molecule has 30 heavy (non-hydrogen) atoms. The van der Waals surface area contributed by atoms with Gasteiger partial charge in [0, 0.05) is 30.4 Å². The summed E-state index contributed by atoms with van der Waals surface area (Å²) in [6.07, 6.45) is 1.69. The van der Waals surface area contributed by atoms with Crippen molar-refractivity contribution < 1.29 is 24.1 Å². The topological polar surface area (TPSA) is 113 Å². The molecule has 0 atom stereocenters. The molecule has 1 N–H and O–H groups in total. The molecule has 0 heterocycles. The number of hydrogen-bond acceptors (Lipinski definition) is 7. The van der Waals surface area contributed by atoms with Gasteiger partial charge in [0.25, 0.3) is 0 Å². The predicted molar refractivity (Wildman–Crippen MR) is 111 cm³/mol. The van der Waals surface area contributed by atoms with E-state index in [1.807, 2.05) is 18.2 Å². The fraction of sp³-hybridized carbons (Fsp3) is 0.348. The van der Waals surface area contributed by atoms with Crippen LogP contribution in [-0.4, -0.2) is 32.2 Å². The third-order valence-electron chi connectivity index (χ3n) is 4.69. The van der Waals surface area contributed by atoms with E-state index in [4.69, 9.17) is 24.7 Å². The predicted octanol–water partition coefficient (Wildman–Crippen LogP) is 4.42. The molecule has 0 saturated carbocycles. The highest BCUT2D eigenvalue weighted by Gasteiger charge is 2.25. The van der Waals surface area contributed by atoms with Crippen LogP contribution in [0.2, 0.25) is 0 Å². The molecular formula is C23H24N2O5. The van der Waals surface area contributed by atoms with Crippen LogP contribution in [-0.2, 0) is 6.42 Å². The monoisotopic (exact) mass is 408 g/mol. The molecule has 0 aliphatic carbocycles. The first-order chi connectivity index (χ1) is 14.5. The van der Waals surface area contributed by atoms with Crippen LogP contribution in [0.3, 0.4) is 0 Å². The molecule has 0 unspecified atom stereocenters. The van der Waals surface area contributed by atoms with E-state index in [-0.39, 0.29) is 41.4 Å². The van der Waals surface area contributed by atoms with Crippen molar-refractivity contribution >= 4 is 5.78 Å². The van der Waals surface area contributed by atoms with Crippen LogP contribution in [0.4, 0.5) is 0 Å². The lowest BCUT2D eigenvalue weighted by Gasteiger charge is -2.19. The minimum Gasteiger partial charge on any atom is -0.504 e. The Labute approximate surface area is 176 Å². The van der Waals surface area contributed by atoms with Gasteiger partial charge in [-0.05, 0) is 36.6 Å². The normalized spacial score (nSPS) is 10.0. The summed E-state index contributed by atoms with van der Waals surface area (Å²) in [6, 6.07) is 11.2. The van der Waals surface area contributed by atoms with Crippen molar-refractivity contribution in [1.82, 2.24) is 0 Å². The van der Waals surface area contributed by atoms with E-state index in [0.717, 1.165) is 5.56 Å². The maximum absolute atomic E-state index is 12.7. The number of phenols is 1. The number of ether oxygens (including phenoxy) is 3. The van der Waals surface area contributed by atoms with Gasteiger partial charge in [-0.3, -0.25) is 4.79 Å². The summed E-state index contributed by atoms with van der Waals surface area (Å²) in [6.45, 7) is 0. The lowest BCUT2D eigenvalue weighted by Crippen LogP contribution is -2.04. The maximum atomic E-state index is 12.7. The van der Waals surface area contributed by atoms with Gasteiger partial charge in [-0.2, -0.15) is 10.5 Å². The SMILES string of the molecule is COc1ccc(CCC#N)cc1-c1cc(C(=O)CCCC#N)c(O)c(OC)c1OC. The van der Waals surface area contributed by atoms with E-state index in [1.54, 1.807) is 12.1 Å². The molecule has 2 aromatic rings. The molecule has 0 aromatic heterocycles. The van der Waals surface area contributed by atoms with Crippen molar-refractivity contribution in [3.8, 4) is 46.3 Å². The first-order valence-corrected chi connectivity index (χ1v) is 9.44. The van der Waals surface area contributed by atoms with Crippen LogP contribution in [0.25, 0.3) is 11.1 Å². The number of nitriles is 2. The second-order valence-corrected chi connectivity index (χ2v) is 6.51. The van der Waals surface area contributed by atoms with E-state index in [0.29, 0.717) is 36.1 Å². The summed E-state index contributed by atoms with van der Waals surface area (Å²) in [7, 11) is 4.36. The molecule has 0 amide bonds. The molecular weight excluding hydrogens is 384 g/mol. The van der Waals surface area contributed by atoms with Crippen LogP contribution < -0.4 is 14.2 Å². The molecule has 0 bridgehead atoms. The number of aromatic hydroxyl groups is 1. The fourth-order valence-corrected chi connectivity index (χ4v) is 3.22. The molecule has 2 rings (SSSR count). The third-order valence-corrected chi connectivity index (χ3v) is 4.69. The Morgan fingerprint density at radius 2 is 1.67 bits per heavy atom. The molecule has 0 saturated heterocycles. The molecule has 0 fully saturated rings. The number of Topliss-reactive ketones (excluding diaryl/α,β-unsaturated/α-hetero) is 1. The minimum atomic E-state index is -0.306. The summed E-state index contributed by atoms with van der Waals surface area (Å²) < 4.78 is 16.4. The van der Waals surface area contributed by atoms with Crippen molar-refractivity contribution in [3.05, 3.63) is 35.4 Å². The van der Waals surface area contributed by atoms with Gasteiger partial charge < -0.3 is 19.3 Å². The largest absolute Gasteiger partial charge is 0.504 e. The number of methoxy groups -OCH3 is 3. The van der Waals surface area contributed by atoms with E-state index >= 15 is 0 Å². The Morgan fingerprint density at radius 3 is 2.27 bits per heavy atom. The maximum Gasteiger partial charge on any atom is 0.204 e. The third kappa shape index (κ3) is 4.82. The number of hydrogen-bond donors (Lipinski definition) is 1. The van der Waals surface area contributed by atoms with Crippen LogP contribution >= 0.6 is 0 Å². The summed E-state index contributed by atoms with van der Waals surface area (Å²) in [5.41, 5.74) is 2.18. The van der Waals surface area contributed by atoms with E-state index < -0.39 is 0 Å². The van der Waals surface area contributed by atoms with Crippen molar-refractivity contribution in [1.29, 1.82) is 10.5 Å². The van der Waals surface area contributed by atoms with Crippen LogP contribution in [0, 0.1) is 22.7 Å². The Hall–Kier alpha value is -3.71. The molecule has 0 aliphatic rings. The van der Waals surface area contributed by atoms with Crippen molar-refractivity contribution in [2.75, 3.05) is 21.3 Å². The average molecular weight is 408 g/mol. The van der Waals surface area contributed by atoms with Crippen molar-refractivity contribution in [2.24, 2.45) is 0 Å². The second-order valence-electron chi connectivity index (χ2n) is 6.51. The Kier molecular flexibility index (Phi) is 8.08. The molecule has 0 radical (unpaired) electrons. The Bertz CT molecular complexity index is 1000. The zero-order valence-corrected chi connectivity index (χ0v) is 17.3. The zero-order valence-electron chi connectivity index (χ0n) is 17.3. The number of carbonyl (C=O) groups excluding carboxylic acids is 1. The molecule has 0 spiro atoms. The minimum absolute atomic E-state index is 0.0446. The lowest BCUT2D eigenvalue weighted by molar-refractivity contribution is 0.0977. The summed E-state index contributed by atoms with van der Waals surface area (Å²) >= 11 is 0. The molecule has 156 valence electrons. The number of benzene rings is 2.